The van der Waals surface area contributed by atoms with E-state index in [9.17, 15) is 24.6 Å². The highest BCUT2D eigenvalue weighted by Gasteiger charge is 2.63. The average molecular weight is 352 g/mol. The molecule has 132 valence electrons. The Balaban J connectivity index is 1.80. The number of carboxylic acid groups (broad SMARTS) is 1. The third kappa shape index (κ3) is 2.28. The fourth-order valence-electron chi connectivity index (χ4n) is 4.05. The minimum absolute atomic E-state index is 0.0371. The molecule has 3 N–H and O–H groups in total. The van der Waals surface area contributed by atoms with Gasteiger partial charge in [-0.3, -0.25) is 9.59 Å². The molecule has 2 aliphatic heterocycles. The number of hydrogen-bond acceptors (Lipinski definition) is 5. The van der Waals surface area contributed by atoms with Crippen molar-refractivity contribution in [2.24, 2.45) is 11.8 Å². The first-order valence-electron chi connectivity index (χ1n) is 8.27. The lowest BCUT2D eigenvalue weighted by molar-refractivity contribution is -0.705. The van der Waals surface area contributed by atoms with Gasteiger partial charge in [-0.2, -0.15) is 0 Å². The monoisotopic (exact) mass is 352 g/mol. The molecule has 2 heterocycles. The summed E-state index contributed by atoms with van der Waals surface area (Å²) in [5, 5.41) is 23.2. The minimum Gasteiger partial charge on any atom is -0.544 e. The fraction of sp³-hybridized carbons (Fsp3) is 0.211. The number of carbonyl (C=O) groups excluding carboxylic acids is 3. The van der Waals surface area contributed by atoms with Gasteiger partial charge in [-0.1, -0.05) is 30.3 Å². The average Bonchev–Trinajstić information content (AvgIpc) is 3.14. The molecule has 4 atom stereocenters. The second-order valence-electron chi connectivity index (χ2n) is 6.52. The number of aromatic hydroxyl groups is 1. The van der Waals surface area contributed by atoms with Crippen LogP contribution >= 0.6 is 0 Å². The van der Waals surface area contributed by atoms with Gasteiger partial charge in [0.25, 0.3) is 0 Å². The highest BCUT2D eigenvalue weighted by molar-refractivity contribution is 6.23. The van der Waals surface area contributed by atoms with Crippen LogP contribution in [0.5, 0.6) is 5.75 Å². The quantitative estimate of drug-likeness (QED) is 0.683. The Labute approximate surface area is 148 Å². The number of phenols is 1. The lowest BCUT2D eigenvalue weighted by atomic mass is 9.86. The van der Waals surface area contributed by atoms with Gasteiger partial charge in [0, 0.05) is 0 Å². The molecule has 4 rings (SSSR count). The summed E-state index contributed by atoms with van der Waals surface area (Å²) >= 11 is 0. The van der Waals surface area contributed by atoms with E-state index in [-0.39, 0.29) is 5.75 Å². The van der Waals surface area contributed by atoms with E-state index < -0.39 is 41.7 Å². The predicted molar refractivity (Wildman–Crippen MR) is 87.5 cm³/mol. The molecule has 0 radical (unpaired) electrons. The number of hydrogen-bond donors (Lipinski definition) is 2. The first-order valence-corrected chi connectivity index (χ1v) is 8.27. The van der Waals surface area contributed by atoms with Crippen LogP contribution in [0.1, 0.15) is 11.6 Å². The number of phenolic OH excluding ortho intramolecular Hbond substituents is 1. The third-order valence-corrected chi connectivity index (χ3v) is 5.17. The zero-order valence-corrected chi connectivity index (χ0v) is 13.6. The third-order valence-electron chi connectivity index (χ3n) is 5.17. The molecule has 2 amide bonds. The van der Waals surface area contributed by atoms with Gasteiger partial charge in [-0.15, -0.1) is 0 Å². The molecule has 0 aliphatic carbocycles. The van der Waals surface area contributed by atoms with Gasteiger partial charge in [-0.25, -0.2) is 4.90 Å². The maximum Gasteiger partial charge on any atom is 0.244 e. The molecule has 26 heavy (non-hydrogen) atoms. The number of fused-ring (bicyclic) bond motifs is 1. The van der Waals surface area contributed by atoms with Crippen molar-refractivity contribution < 1.29 is 29.9 Å². The van der Waals surface area contributed by atoms with Crippen molar-refractivity contribution in [1.82, 2.24) is 0 Å². The summed E-state index contributed by atoms with van der Waals surface area (Å²) in [4.78, 5) is 38.6. The summed E-state index contributed by atoms with van der Waals surface area (Å²) in [5.41, 5.74) is 0.840. The van der Waals surface area contributed by atoms with Crippen molar-refractivity contribution in [3.8, 4) is 5.75 Å². The van der Waals surface area contributed by atoms with Crippen LogP contribution in [-0.2, 0) is 14.4 Å². The molecule has 2 aliphatic rings. The van der Waals surface area contributed by atoms with Crippen molar-refractivity contribution in [3.63, 3.8) is 0 Å². The van der Waals surface area contributed by atoms with Gasteiger partial charge < -0.3 is 20.3 Å². The number of carbonyl (C=O) groups is 3. The van der Waals surface area contributed by atoms with Gasteiger partial charge in [0.15, 0.2) is 0 Å². The van der Waals surface area contributed by atoms with E-state index in [1.165, 1.54) is 11.4 Å². The van der Waals surface area contributed by atoms with Crippen molar-refractivity contribution in [3.05, 3.63) is 60.2 Å². The molecule has 7 heteroatoms. The van der Waals surface area contributed by atoms with Gasteiger partial charge >= 0.3 is 0 Å². The second-order valence-corrected chi connectivity index (χ2v) is 6.52. The zero-order chi connectivity index (χ0) is 18.4. The Morgan fingerprint density at radius 2 is 1.58 bits per heavy atom. The normalized spacial score (nSPS) is 27.6. The van der Waals surface area contributed by atoms with E-state index in [1.54, 1.807) is 48.5 Å². The molecule has 0 aromatic heterocycles. The number of carboxylic acids is 1. The van der Waals surface area contributed by atoms with Crippen molar-refractivity contribution in [2.45, 2.75) is 12.1 Å². The lowest BCUT2D eigenvalue weighted by Crippen LogP contribution is -2.92. The van der Waals surface area contributed by atoms with E-state index in [0.717, 1.165) is 4.90 Å². The van der Waals surface area contributed by atoms with Crippen LogP contribution in [0.4, 0.5) is 5.69 Å². The molecule has 2 saturated heterocycles. The summed E-state index contributed by atoms with van der Waals surface area (Å²) < 4.78 is 0. The summed E-state index contributed by atoms with van der Waals surface area (Å²) in [7, 11) is 0. The number of aliphatic carboxylic acids is 1. The smallest absolute Gasteiger partial charge is 0.244 e. The number of benzene rings is 2. The first-order chi connectivity index (χ1) is 12.5. The second kappa shape index (κ2) is 5.96. The van der Waals surface area contributed by atoms with Crippen LogP contribution in [0.2, 0.25) is 0 Å². The predicted octanol–water partition coefficient (Wildman–Crippen LogP) is -1.07. The summed E-state index contributed by atoms with van der Waals surface area (Å²) in [6, 6.07) is 13.0. The first kappa shape index (κ1) is 16.3. The summed E-state index contributed by atoms with van der Waals surface area (Å²) in [6.07, 6.45) is 0. The largest absolute Gasteiger partial charge is 0.544 e. The van der Waals surface area contributed by atoms with E-state index >= 15 is 0 Å². The molecular weight excluding hydrogens is 336 g/mol. The number of amides is 2. The Morgan fingerprint density at radius 3 is 2.23 bits per heavy atom. The number of quaternary nitrogens is 1. The Bertz CT molecular complexity index is 898. The van der Waals surface area contributed by atoms with Crippen LogP contribution in [0.3, 0.4) is 0 Å². The van der Waals surface area contributed by atoms with Crippen molar-refractivity contribution in [1.29, 1.82) is 0 Å². The highest BCUT2D eigenvalue weighted by atomic mass is 16.4. The molecule has 0 bridgehead atoms. The van der Waals surface area contributed by atoms with Crippen LogP contribution < -0.4 is 15.3 Å². The van der Waals surface area contributed by atoms with Crippen LogP contribution in [-0.4, -0.2) is 28.9 Å². The van der Waals surface area contributed by atoms with Gasteiger partial charge in [-0.05, 0) is 24.3 Å². The SMILES string of the molecule is O=C([O-])[C@H]1[NH2+][C@H](c2ccccc2O)[C@@H]2C(=O)N(c3ccccc3)C(=O)[C@H]21. The van der Waals surface area contributed by atoms with Crippen molar-refractivity contribution >= 4 is 23.5 Å². The van der Waals surface area contributed by atoms with Gasteiger partial charge in [0.2, 0.25) is 11.8 Å². The molecule has 2 aromatic rings. The van der Waals surface area contributed by atoms with E-state index in [1.807, 2.05) is 0 Å². The fourth-order valence-corrected chi connectivity index (χ4v) is 4.05. The molecule has 2 fully saturated rings. The minimum atomic E-state index is -1.39. The standard InChI is InChI=1S/C19H16N2O5/c22-12-9-5-4-8-11(12)15-13-14(16(20-15)19(25)26)18(24)21(17(13)23)10-6-2-1-3-7-10/h1-9,13-16,20,22H,(H,25,26)/t13-,14-,15-,16+/m1/s1. The molecular formula is C19H16N2O5. The number of para-hydroxylation sites is 2. The molecule has 0 saturated carbocycles. The molecule has 7 nitrogen and oxygen atoms in total. The summed E-state index contributed by atoms with van der Waals surface area (Å²) in [6.45, 7) is 0. The number of anilines is 1. The maximum absolute atomic E-state index is 13.1. The maximum atomic E-state index is 13.1. The van der Waals surface area contributed by atoms with Crippen LogP contribution in [0.15, 0.2) is 54.6 Å². The number of nitrogens with two attached hydrogens (primary N) is 1. The van der Waals surface area contributed by atoms with Crippen LogP contribution in [0.25, 0.3) is 0 Å². The van der Waals surface area contributed by atoms with E-state index in [2.05, 4.69) is 0 Å². The van der Waals surface area contributed by atoms with Crippen molar-refractivity contribution in [2.75, 3.05) is 4.90 Å². The Hall–Kier alpha value is -3.19. The number of imide groups is 1. The zero-order valence-electron chi connectivity index (χ0n) is 13.6. The number of nitrogens with zero attached hydrogens (tertiary/aromatic N) is 1. The van der Waals surface area contributed by atoms with Gasteiger partial charge in [0.05, 0.1) is 11.3 Å². The Morgan fingerprint density at radius 1 is 0.962 bits per heavy atom. The van der Waals surface area contributed by atoms with E-state index in [4.69, 9.17) is 0 Å². The molecule has 2 aromatic carbocycles. The lowest BCUT2D eigenvalue weighted by Gasteiger charge is -2.21. The van der Waals surface area contributed by atoms with Gasteiger partial charge in [0.1, 0.15) is 35.6 Å². The van der Waals surface area contributed by atoms with Crippen LogP contribution in [0, 0.1) is 11.8 Å². The highest BCUT2D eigenvalue weighted by Crippen LogP contribution is 2.43. The molecule has 0 spiro atoms. The summed E-state index contributed by atoms with van der Waals surface area (Å²) in [5.74, 6) is -4.34. The number of rotatable bonds is 3. The Kier molecular flexibility index (Phi) is 3.73. The molecule has 0 unspecified atom stereocenters. The topological polar surface area (TPSA) is 114 Å². The van der Waals surface area contributed by atoms with E-state index in [0.29, 0.717) is 11.3 Å².